The molecule has 3 aromatic heterocycles. The van der Waals surface area contributed by atoms with Gasteiger partial charge in [-0.05, 0) is 23.6 Å². The van der Waals surface area contributed by atoms with Crippen molar-refractivity contribution in [1.82, 2.24) is 45.1 Å². The Bertz CT molecular complexity index is 1540. The van der Waals surface area contributed by atoms with E-state index in [-0.39, 0.29) is 31.3 Å². The van der Waals surface area contributed by atoms with Gasteiger partial charge in [0.05, 0.1) is 12.6 Å². The van der Waals surface area contributed by atoms with Gasteiger partial charge in [0.25, 0.3) is 11.7 Å². The maximum absolute atomic E-state index is 13.4. The number of fused-ring (bicyclic) bond motifs is 1. The number of anilines is 2. The van der Waals surface area contributed by atoms with Gasteiger partial charge in [0.1, 0.15) is 6.33 Å². The lowest BCUT2D eigenvalue weighted by Crippen LogP contribution is -2.35. The third kappa shape index (κ3) is 6.85. The Morgan fingerprint density at radius 3 is 2.63 bits per heavy atom. The van der Waals surface area contributed by atoms with E-state index in [0.29, 0.717) is 34.2 Å². The van der Waals surface area contributed by atoms with Gasteiger partial charge < -0.3 is 15.2 Å². The summed E-state index contributed by atoms with van der Waals surface area (Å²) < 4.78 is 47.0. The van der Waals surface area contributed by atoms with Crippen LogP contribution in [0.15, 0.2) is 41.3 Å². The van der Waals surface area contributed by atoms with E-state index >= 15 is 0 Å². The highest BCUT2D eigenvalue weighted by atomic mass is 19.4. The van der Waals surface area contributed by atoms with Gasteiger partial charge in [-0.3, -0.25) is 14.4 Å². The highest BCUT2D eigenvalue weighted by molar-refractivity contribution is 5.90. The fourth-order valence-electron chi connectivity index (χ4n) is 4.48. The minimum absolute atomic E-state index is 0.0234. The largest absolute Gasteiger partial charge is 0.401 e. The van der Waals surface area contributed by atoms with Gasteiger partial charge >= 0.3 is 6.18 Å². The molecule has 15 heteroatoms. The topological polar surface area (TPSA) is 140 Å². The number of nitrogens with one attached hydrogen (secondary N) is 2. The second-order valence-corrected chi connectivity index (χ2v) is 10.9. The van der Waals surface area contributed by atoms with Crippen LogP contribution in [-0.2, 0) is 19.0 Å². The highest BCUT2D eigenvalue weighted by Gasteiger charge is 2.34. The van der Waals surface area contributed by atoms with Gasteiger partial charge in [0.15, 0.2) is 11.6 Å². The Balaban J connectivity index is 1.43. The van der Waals surface area contributed by atoms with Crippen LogP contribution in [-0.4, -0.2) is 64.9 Å². The summed E-state index contributed by atoms with van der Waals surface area (Å²) in [5, 5.41) is 13.9. The predicted molar refractivity (Wildman–Crippen MR) is 141 cm³/mol. The Hall–Kier alpha value is -4.40. The summed E-state index contributed by atoms with van der Waals surface area (Å²) in [4.78, 5) is 31.4. The number of halogens is 3. The summed E-state index contributed by atoms with van der Waals surface area (Å²) in [6.45, 7) is 4.68. The van der Waals surface area contributed by atoms with E-state index in [4.69, 9.17) is 4.52 Å². The molecule has 0 saturated heterocycles. The molecule has 1 aromatic carbocycles. The number of benzene rings is 1. The first-order valence-corrected chi connectivity index (χ1v) is 12.9. The van der Waals surface area contributed by atoms with Crippen molar-refractivity contribution in [2.45, 2.75) is 51.4 Å². The molecule has 12 nitrogen and oxygen atoms in total. The second-order valence-electron chi connectivity index (χ2n) is 10.9. The third-order valence-electron chi connectivity index (χ3n) is 6.41. The summed E-state index contributed by atoms with van der Waals surface area (Å²) in [5.74, 6) is 0.736. The number of nitrogens with zero attached hydrogens (tertiary/aromatic N) is 8. The zero-order chi connectivity index (χ0) is 29.4. The van der Waals surface area contributed by atoms with Gasteiger partial charge in [-0.2, -0.15) is 28.2 Å². The van der Waals surface area contributed by atoms with Crippen LogP contribution in [0.2, 0.25) is 0 Å². The quantitative estimate of drug-likeness (QED) is 0.350. The first kappa shape index (κ1) is 28.1. The maximum Gasteiger partial charge on any atom is 0.401 e. The summed E-state index contributed by atoms with van der Waals surface area (Å²) in [7, 11) is 1.78. The smallest absolute Gasteiger partial charge is 0.342 e. The van der Waals surface area contributed by atoms with Crippen molar-refractivity contribution in [1.29, 1.82) is 0 Å². The van der Waals surface area contributed by atoms with Crippen LogP contribution >= 0.6 is 0 Å². The third-order valence-corrected chi connectivity index (χ3v) is 6.41. The maximum atomic E-state index is 13.4. The van der Waals surface area contributed by atoms with Gasteiger partial charge in [-0.15, -0.1) is 0 Å². The van der Waals surface area contributed by atoms with Gasteiger partial charge in [0, 0.05) is 43.4 Å². The molecule has 5 rings (SSSR count). The molecule has 0 aliphatic carbocycles. The molecule has 0 spiro atoms. The lowest BCUT2D eigenvalue weighted by molar-refractivity contribution is -0.147. The molecule has 1 aliphatic heterocycles. The van der Waals surface area contributed by atoms with Crippen molar-refractivity contribution in [2.75, 3.05) is 18.4 Å². The summed E-state index contributed by atoms with van der Waals surface area (Å²) in [5.41, 5.74) is 1.43. The standard InChI is InChI=1S/C26H29F3N10O2/c1-25(2,3)23-34-21(37-41-23)22(40)32-18-7-10-39(13-26(27,28)29)12-16-11-15(5-6-17(16)18)20-30-14-31-24(35-20)33-19-8-9-38(4)36-19/h5-6,8-9,11,14,18H,7,10,12-13H2,1-4H3,(H,32,40)(H,30,31,33,35,36). The molecule has 0 saturated carbocycles. The van der Waals surface area contributed by atoms with E-state index in [1.54, 1.807) is 42.2 Å². The zero-order valence-corrected chi connectivity index (χ0v) is 22.9. The van der Waals surface area contributed by atoms with Crippen LogP contribution < -0.4 is 10.6 Å². The summed E-state index contributed by atoms with van der Waals surface area (Å²) >= 11 is 0. The van der Waals surface area contributed by atoms with Crippen LogP contribution in [0.3, 0.4) is 0 Å². The number of rotatable bonds is 6. The molecular formula is C26H29F3N10O2. The van der Waals surface area contributed by atoms with E-state index in [9.17, 15) is 18.0 Å². The highest BCUT2D eigenvalue weighted by Crippen LogP contribution is 2.32. The number of hydrogen-bond donors (Lipinski definition) is 2. The molecule has 216 valence electrons. The van der Waals surface area contributed by atoms with Crippen molar-refractivity contribution in [3.8, 4) is 11.4 Å². The average molecular weight is 571 g/mol. The molecule has 1 unspecified atom stereocenters. The molecule has 0 bridgehead atoms. The summed E-state index contributed by atoms with van der Waals surface area (Å²) in [6, 6.07) is 6.46. The monoisotopic (exact) mass is 570 g/mol. The fraction of sp³-hybridized carbons (Fsp3) is 0.423. The first-order valence-electron chi connectivity index (χ1n) is 12.9. The van der Waals surface area contributed by atoms with Crippen LogP contribution in [0.4, 0.5) is 24.9 Å². The Kier molecular flexibility index (Phi) is 7.46. The first-order chi connectivity index (χ1) is 19.3. The summed E-state index contributed by atoms with van der Waals surface area (Å²) in [6.07, 6.45) is -1.02. The number of hydrogen-bond acceptors (Lipinski definition) is 10. The van der Waals surface area contributed by atoms with Crippen molar-refractivity contribution >= 4 is 17.7 Å². The van der Waals surface area contributed by atoms with E-state index in [1.807, 2.05) is 20.8 Å². The number of aryl methyl sites for hydroxylation is 1. The van der Waals surface area contributed by atoms with Crippen molar-refractivity contribution < 1.29 is 22.5 Å². The van der Waals surface area contributed by atoms with E-state index in [1.165, 1.54) is 11.2 Å². The molecular weight excluding hydrogens is 541 g/mol. The van der Waals surface area contributed by atoms with E-state index < -0.39 is 30.1 Å². The number of alkyl halides is 3. The molecule has 4 aromatic rings. The van der Waals surface area contributed by atoms with Gasteiger partial charge in [0.2, 0.25) is 11.8 Å². The Morgan fingerprint density at radius 1 is 1.15 bits per heavy atom. The van der Waals surface area contributed by atoms with Gasteiger partial charge in [-0.25, -0.2) is 9.97 Å². The van der Waals surface area contributed by atoms with E-state index in [2.05, 4.69) is 40.8 Å². The minimum atomic E-state index is -4.38. The normalized spacial score (nSPS) is 16.2. The molecule has 0 fully saturated rings. The average Bonchev–Trinajstić information content (AvgIpc) is 3.52. The number of aromatic nitrogens is 7. The van der Waals surface area contributed by atoms with Crippen LogP contribution in [0.5, 0.6) is 0 Å². The fourth-order valence-corrected chi connectivity index (χ4v) is 4.48. The van der Waals surface area contributed by atoms with Gasteiger partial charge in [-0.1, -0.05) is 38.1 Å². The number of carbonyl (C=O) groups is 1. The molecule has 4 heterocycles. The van der Waals surface area contributed by atoms with Crippen LogP contribution in [0.25, 0.3) is 11.4 Å². The lowest BCUT2D eigenvalue weighted by Gasteiger charge is -2.22. The van der Waals surface area contributed by atoms with Crippen molar-refractivity contribution in [3.05, 3.63) is 59.6 Å². The zero-order valence-electron chi connectivity index (χ0n) is 22.9. The lowest BCUT2D eigenvalue weighted by atomic mass is 9.96. The Labute approximate surface area is 233 Å². The minimum Gasteiger partial charge on any atom is -0.342 e. The van der Waals surface area contributed by atoms with Crippen LogP contribution in [0, 0.1) is 0 Å². The molecule has 2 N–H and O–H groups in total. The van der Waals surface area contributed by atoms with Crippen molar-refractivity contribution in [3.63, 3.8) is 0 Å². The number of carbonyl (C=O) groups excluding carboxylic acids is 1. The Morgan fingerprint density at radius 2 is 1.95 bits per heavy atom. The molecule has 1 atom stereocenters. The van der Waals surface area contributed by atoms with E-state index in [0.717, 1.165) is 0 Å². The molecule has 41 heavy (non-hydrogen) atoms. The second kappa shape index (κ2) is 10.9. The SMILES string of the molecule is Cn1ccc(Nc2ncnc(-c3ccc4c(c3)CN(CC(F)(F)F)CCC4NC(=O)c3noc(C(C)(C)C)n3)n2)n1. The van der Waals surface area contributed by atoms with Crippen LogP contribution in [0.1, 0.15) is 60.9 Å². The predicted octanol–water partition coefficient (Wildman–Crippen LogP) is 3.94. The molecule has 1 amide bonds. The molecule has 0 radical (unpaired) electrons. The number of amides is 1. The molecule has 1 aliphatic rings. The van der Waals surface area contributed by atoms with Crippen molar-refractivity contribution in [2.24, 2.45) is 7.05 Å².